The van der Waals surface area contributed by atoms with Gasteiger partial charge < -0.3 is 10.8 Å². The van der Waals surface area contributed by atoms with Crippen molar-refractivity contribution >= 4 is 15.9 Å². The summed E-state index contributed by atoms with van der Waals surface area (Å²) in [6.45, 7) is 3.58. The molecule has 1 aromatic carbocycles. The number of benzene rings is 1. The van der Waals surface area contributed by atoms with Crippen LogP contribution in [0.3, 0.4) is 0 Å². The van der Waals surface area contributed by atoms with Crippen molar-refractivity contribution in [2.75, 3.05) is 0 Å². The highest BCUT2D eigenvalue weighted by Crippen LogP contribution is 2.32. The standard InChI is InChI=1S/C11H13BrFNO/c1-2-3-4-9(14)7-5-6-8(12)10(13)11(7)15/h2,5-6,9,15H,1,3-4,14H2/t9-/m0/s1. The molecule has 0 aliphatic carbocycles. The van der Waals surface area contributed by atoms with Gasteiger partial charge in [0, 0.05) is 11.6 Å². The molecule has 0 aliphatic heterocycles. The summed E-state index contributed by atoms with van der Waals surface area (Å²) < 4.78 is 13.5. The molecule has 1 rings (SSSR count). The van der Waals surface area contributed by atoms with Crippen LogP contribution in [-0.4, -0.2) is 5.11 Å². The molecule has 82 valence electrons. The summed E-state index contributed by atoms with van der Waals surface area (Å²) in [7, 11) is 0. The van der Waals surface area contributed by atoms with E-state index in [-0.39, 0.29) is 16.3 Å². The molecule has 15 heavy (non-hydrogen) atoms. The highest BCUT2D eigenvalue weighted by atomic mass is 79.9. The number of hydrogen-bond donors (Lipinski definition) is 2. The fourth-order valence-electron chi connectivity index (χ4n) is 1.31. The molecule has 0 heterocycles. The Bertz CT molecular complexity index is 368. The Morgan fingerprint density at radius 3 is 2.87 bits per heavy atom. The normalized spacial score (nSPS) is 12.5. The van der Waals surface area contributed by atoms with Gasteiger partial charge in [-0.3, -0.25) is 0 Å². The van der Waals surface area contributed by atoms with Crippen molar-refractivity contribution < 1.29 is 9.50 Å². The lowest BCUT2D eigenvalue weighted by atomic mass is 10.0. The Morgan fingerprint density at radius 1 is 1.60 bits per heavy atom. The molecule has 0 aromatic heterocycles. The van der Waals surface area contributed by atoms with Crippen molar-refractivity contribution in [3.63, 3.8) is 0 Å². The molecule has 3 N–H and O–H groups in total. The van der Waals surface area contributed by atoms with Gasteiger partial charge in [0.15, 0.2) is 11.6 Å². The Kier molecular flexibility index (Phi) is 4.29. The molecule has 0 fully saturated rings. The molecule has 0 aliphatic rings. The van der Waals surface area contributed by atoms with Gasteiger partial charge in [0.1, 0.15) is 0 Å². The Balaban J connectivity index is 2.94. The fourth-order valence-corrected chi connectivity index (χ4v) is 1.63. The molecule has 1 aromatic rings. The first-order valence-electron chi connectivity index (χ1n) is 4.61. The number of rotatable bonds is 4. The van der Waals surface area contributed by atoms with E-state index in [1.807, 2.05) is 0 Å². The van der Waals surface area contributed by atoms with Crippen LogP contribution in [0.5, 0.6) is 5.75 Å². The van der Waals surface area contributed by atoms with Crippen molar-refractivity contribution in [2.24, 2.45) is 5.73 Å². The highest BCUT2D eigenvalue weighted by molar-refractivity contribution is 9.10. The monoisotopic (exact) mass is 273 g/mol. The van der Waals surface area contributed by atoms with E-state index in [4.69, 9.17) is 5.73 Å². The van der Waals surface area contributed by atoms with Gasteiger partial charge in [0.25, 0.3) is 0 Å². The minimum absolute atomic E-state index is 0.236. The van der Waals surface area contributed by atoms with E-state index in [1.165, 1.54) is 6.07 Å². The number of phenolic OH excluding ortho intramolecular Hbond substituents is 1. The van der Waals surface area contributed by atoms with E-state index >= 15 is 0 Å². The second kappa shape index (κ2) is 5.28. The Hall–Kier alpha value is -0.870. The quantitative estimate of drug-likeness (QED) is 0.828. The van der Waals surface area contributed by atoms with E-state index in [2.05, 4.69) is 22.5 Å². The van der Waals surface area contributed by atoms with Crippen molar-refractivity contribution in [1.82, 2.24) is 0 Å². The predicted molar refractivity (Wildman–Crippen MR) is 62.1 cm³/mol. The van der Waals surface area contributed by atoms with E-state index in [9.17, 15) is 9.50 Å². The van der Waals surface area contributed by atoms with Gasteiger partial charge in [-0.15, -0.1) is 6.58 Å². The van der Waals surface area contributed by atoms with Crippen LogP contribution in [0.15, 0.2) is 29.3 Å². The van der Waals surface area contributed by atoms with E-state index < -0.39 is 5.82 Å². The number of allylic oxidation sites excluding steroid dienone is 1. The van der Waals surface area contributed by atoms with Crippen LogP contribution in [0.25, 0.3) is 0 Å². The maximum absolute atomic E-state index is 13.3. The van der Waals surface area contributed by atoms with Gasteiger partial charge in [-0.1, -0.05) is 12.1 Å². The summed E-state index contributed by atoms with van der Waals surface area (Å²) in [4.78, 5) is 0. The van der Waals surface area contributed by atoms with Crippen molar-refractivity contribution in [1.29, 1.82) is 0 Å². The molecule has 0 spiro atoms. The third kappa shape index (κ3) is 2.79. The Morgan fingerprint density at radius 2 is 2.27 bits per heavy atom. The minimum atomic E-state index is -0.665. The summed E-state index contributed by atoms with van der Waals surface area (Å²) in [5.74, 6) is -1.04. The van der Waals surface area contributed by atoms with Gasteiger partial charge >= 0.3 is 0 Å². The average molecular weight is 274 g/mol. The number of phenols is 1. The number of aromatic hydroxyl groups is 1. The zero-order chi connectivity index (χ0) is 11.4. The lowest BCUT2D eigenvalue weighted by molar-refractivity contribution is 0.417. The van der Waals surface area contributed by atoms with Crippen LogP contribution < -0.4 is 5.73 Å². The summed E-state index contributed by atoms with van der Waals surface area (Å²) >= 11 is 2.99. The number of hydrogen-bond acceptors (Lipinski definition) is 2. The molecule has 0 amide bonds. The van der Waals surface area contributed by atoms with Crippen molar-refractivity contribution in [3.05, 3.63) is 40.6 Å². The molecule has 0 saturated carbocycles. The molecular formula is C11H13BrFNO. The SMILES string of the molecule is C=CCC[C@H](N)c1ccc(Br)c(F)c1O. The summed E-state index contributed by atoms with van der Waals surface area (Å²) in [6, 6.07) is 2.79. The largest absolute Gasteiger partial charge is 0.505 e. The first kappa shape index (κ1) is 12.2. The lowest BCUT2D eigenvalue weighted by Crippen LogP contribution is -2.10. The van der Waals surface area contributed by atoms with Gasteiger partial charge in [-0.05, 0) is 34.8 Å². The van der Waals surface area contributed by atoms with Gasteiger partial charge in [-0.25, -0.2) is 4.39 Å². The van der Waals surface area contributed by atoms with Crippen LogP contribution in [0.4, 0.5) is 4.39 Å². The first-order valence-corrected chi connectivity index (χ1v) is 5.40. The van der Waals surface area contributed by atoms with Crippen molar-refractivity contribution in [2.45, 2.75) is 18.9 Å². The molecule has 1 atom stereocenters. The molecule has 0 unspecified atom stereocenters. The van der Waals surface area contributed by atoms with Crippen LogP contribution in [-0.2, 0) is 0 Å². The first-order chi connectivity index (χ1) is 7.07. The molecular weight excluding hydrogens is 261 g/mol. The van der Waals surface area contributed by atoms with Crippen molar-refractivity contribution in [3.8, 4) is 5.75 Å². The predicted octanol–water partition coefficient (Wildman–Crippen LogP) is 3.26. The van der Waals surface area contributed by atoms with Gasteiger partial charge in [-0.2, -0.15) is 0 Å². The smallest absolute Gasteiger partial charge is 0.179 e. The minimum Gasteiger partial charge on any atom is -0.505 e. The molecule has 4 heteroatoms. The number of nitrogens with two attached hydrogens (primary N) is 1. The molecule has 0 radical (unpaired) electrons. The zero-order valence-corrected chi connectivity index (χ0v) is 9.80. The average Bonchev–Trinajstić information content (AvgIpc) is 2.23. The van der Waals surface area contributed by atoms with E-state index in [0.717, 1.165) is 6.42 Å². The number of halogens is 2. The topological polar surface area (TPSA) is 46.2 Å². The highest BCUT2D eigenvalue weighted by Gasteiger charge is 2.15. The van der Waals surface area contributed by atoms with E-state index in [0.29, 0.717) is 12.0 Å². The summed E-state index contributed by atoms with van der Waals surface area (Å²) in [6.07, 6.45) is 3.11. The molecule has 2 nitrogen and oxygen atoms in total. The Labute approximate surface area is 96.7 Å². The van der Waals surface area contributed by atoms with Crippen LogP contribution in [0.2, 0.25) is 0 Å². The third-order valence-corrected chi connectivity index (χ3v) is 2.79. The van der Waals surface area contributed by atoms with E-state index in [1.54, 1.807) is 12.1 Å². The maximum Gasteiger partial charge on any atom is 0.179 e. The lowest BCUT2D eigenvalue weighted by Gasteiger charge is -2.13. The van der Waals surface area contributed by atoms with Gasteiger partial charge in [0.05, 0.1) is 4.47 Å². The zero-order valence-electron chi connectivity index (χ0n) is 8.21. The fraction of sp³-hybridized carbons (Fsp3) is 0.273. The summed E-state index contributed by atoms with van der Waals surface area (Å²) in [5, 5.41) is 9.54. The molecule has 0 saturated heterocycles. The third-order valence-electron chi connectivity index (χ3n) is 2.18. The maximum atomic E-state index is 13.3. The van der Waals surface area contributed by atoms with Crippen LogP contribution in [0.1, 0.15) is 24.4 Å². The second-order valence-electron chi connectivity index (χ2n) is 3.27. The van der Waals surface area contributed by atoms with Crippen LogP contribution in [0, 0.1) is 5.82 Å². The van der Waals surface area contributed by atoms with Crippen LogP contribution >= 0.6 is 15.9 Å². The second-order valence-corrected chi connectivity index (χ2v) is 4.13. The van der Waals surface area contributed by atoms with Gasteiger partial charge in [0.2, 0.25) is 0 Å². The summed E-state index contributed by atoms with van der Waals surface area (Å²) in [5.41, 5.74) is 6.24. The molecule has 0 bridgehead atoms.